The number of hydrogen-bond acceptors (Lipinski definition) is 8. The maximum atomic E-state index is 12.0. The van der Waals surface area contributed by atoms with E-state index in [1.54, 1.807) is 24.3 Å². The van der Waals surface area contributed by atoms with Crippen LogP contribution < -0.4 is 10.1 Å². The number of ether oxygens (including phenoxy) is 2. The van der Waals surface area contributed by atoms with Crippen molar-refractivity contribution in [1.29, 1.82) is 0 Å². The van der Waals surface area contributed by atoms with Crippen LogP contribution in [0, 0.1) is 20.2 Å². The number of aliphatic carboxylic acids is 1. The van der Waals surface area contributed by atoms with Crippen molar-refractivity contribution in [2.45, 2.75) is 19.1 Å². The Hall–Kier alpha value is -5.00. The Labute approximate surface area is 198 Å². The first-order chi connectivity index (χ1) is 16.7. The molecule has 35 heavy (non-hydrogen) atoms. The Morgan fingerprint density at radius 1 is 0.914 bits per heavy atom. The molecule has 3 aromatic rings. The van der Waals surface area contributed by atoms with Crippen molar-refractivity contribution in [1.82, 2.24) is 5.32 Å². The van der Waals surface area contributed by atoms with Gasteiger partial charge in [-0.2, -0.15) is 0 Å². The molecule has 0 spiro atoms. The second-order valence-electron chi connectivity index (χ2n) is 7.21. The minimum absolute atomic E-state index is 0.0141. The highest BCUT2D eigenvalue weighted by molar-refractivity contribution is 5.80. The highest BCUT2D eigenvalue weighted by Gasteiger charge is 2.23. The second kappa shape index (κ2) is 11.2. The van der Waals surface area contributed by atoms with E-state index in [0.29, 0.717) is 5.56 Å². The van der Waals surface area contributed by atoms with E-state index in [4.69, 9.17) is 9.47 Å². The molecule has 0 fully saturated rings. The third-order valence-electron chi connectivity index (χ3n) is 4.74. The number of benzene rings is 3. The van der Waals surface area contributed by atoms with E-state index in [-0.39, 0.29) is 24.5 Å². The molecule has 0 aliphatic rings. The van der Waals surface area contributed by atoms with Crippen LogP contribution in [-0.4, -0.2) is 33.1 Å². The molecule has 3 aromatic carbocycles. The molecular weight excluding hydrogens is 462 g/mol. The van der Waals surface area contributed by atoms with Crippen LogP contribution in [0.25, 0.3) is 0 Å². The summed E-state index contributed by atoms with van der Waals surface area (Å²) >= 11 is 0. The third-order valence-corrected chi connectivity index (χ3v) is 4.74. The normalized spacial score (nSPS) is 11.2. The Bertz CT molecular complexity index is 1230. The largest absolute Gasteiger partial charge is 0.480 e. The first kappa shape index (κ1) is 24.6. The number of nitro benzene ring substituents is 2. The highest BCUT2D eigenvalue weighted by Crippen LogP contribution is 2.34. The fourth-order valence-electron chi connectivity index (χ4n) is 3.01. The zero-order chi connectivity index (χ0) is 25.4. The molecule has 2 N–H and O–H groups in total. The van der Waals surface area contributed by atoms with Crippen molar-refractivity contribution in [3.05, 3.63) is 104 Å². The minimum atomic E-state index is -1.26. The van der Waals surface area contributed by atoms with E-state index in [1.807, 2.05) is 6.07 Å². The Morgan fingerprint density at radius 2 is 1.60 bits per heavy atom. The number of carbonyl (C=O) groups is 2. The van der Waals surface area contributed by atoms with Gasteiger partial charge in [0, 0.05) is 12.5 Å². The van der Waals surface area contributed by atoms with Crippen molar-refractivity contribution in [3.8, 4) is 11.5 Å². The molecule has 0 saturated carbocycles. The zero-order valence-electron chi connectivity index (χ0n) is 18.0. The maximum absolute atomic E-state index is 12.0. The number of alkyl carbamates (subject to hydrolysis) is 1. The number of non-ortho nitro benzene ring substituents is 1. The summed E-state index contributed by atoms with van der Waals surface area (Å²) in [7, 11) is 0. The molecule has 0 unspecified atom stereocenters. The van der Waals surface area contributed by atoms with Crippen LogP contribution in [0.1, 0.15) is 11.1 Å². The number of rotatable bonds is 10. The highest BCUT2D eigenvalue weighted by atomic mass is 16.6. The first-order valence-corrected chi connectivity index (χ1v) is 10.1. The summed E-state index contributed by atoms with van der Waals surface area (Å²) in [6.07, 6.45) is -0.944. The van der Waals surface area contributed by atoms with E-state index in [2.05, 4.69) is 5.32 Å². The number of nitrogens with one attached hydrogen (secondary N) is 1. The van der Waals surface area contributed by atoms with Gasteiger partial charge in [0.05, 0.1) is 15.9 Å². The molecule has 0 aromatic heterocycles. The average Bonchev–Trinajstić information content (AvgIpc) is 2.84. The van der Waals surface area contributed by atoms with Crippen LogP contribution in [0.15, 0.2) is 72.8 Å². The fourth-order valence-corrected chi connectivity index (χ4v) is 3.01. The van der Waals surface area contributed by atoms with E-state index in [0.717, 1.165) is 23.8 Å². The van der Waals surface area contributed by atoms with Gasteiger partial charge < -0.3 is 19.9 Å². The summed E-state index contributed by atoms with van der Waals surface area (Å²) in [4.78, 5) is 44.2. The SMILES string of the molecule is O=C(N[C@@H](Cc1ccc(Oc2ccc([N+](=O)[O-])cc2[N+](=O)[O-])cc1)C(=O)O)OCc1ccccc1. The molecule has 0 aliphatic heterocycles. The van der Waals surface area contributed by atoms with Gasteiger partial charge in [-0.3, -0.25) is 20.2 Å². The van der Waals surface area contributed by atoms with E-state index < -0.39 is 39.3 Å². The Morgan fingerprint density at radius 3 is 2.20 bits per heavy atom. The molecule has 1 atom stereocenters. The molecule has 0 radical (unpaired) electrons. The van der Waals surface area contributed by atoms with Gasteiger partial charge in [0.2, 0.25) is 5.75 Å². The van der Waals surface area contributed by atoms with Crippen molar-refractivity contribution >= 4 is 23.4 Å². The molecule has 12 heteroatoms. The van der Waals surface area contributed by atoms with Crippen molar-refractivity contribution in [3.63, 3.8) is 0 Å². The topological polar surface area (TPSA) is 171 Å². The lowest BCUT2D eigenvalue weighted by molar-refractivity contribution is -0.394. The van der Waals surface area contributed by atoms with Gasteiger partial charge in [-0.1, -0.05) is 42.5 Å². The van der Waals surface area contributed by atoms with Crippen LogP contribution in [-0.2, 0) is 22.6 Å². The first-order valence-electron chi connectivity index (χ1n) is 10.1. The van der Waals surface area contributed by atoms with Gasteiger partial charge in [0.15, 0.2) is 0 Å². The summed E-state index contributed by atoms with van der Waals surface area (Å²) in [5.74, 6) is -1.27. The molecule has 0 bridgehead atoms. The van der Waals surface area contributed by atoms with Gasteiger partial charge >= 0.3 is 17.7 Å². The minimum Gasteiger partial charge on any atom is -0.480 e. The molecule has 0 saturated heterocycles. The van der Waals surface area contributed by atoms with E-state index >= 15 is 0 Å². The molecule has 3 rings (SSSR count). The van der Waals surface area contributed by atoms with E-state index in [9.17, 15) is 34.9 Å². The fraction of sp³-hybridized carbons (Fsp3) is 0.130. The third kappa shape index (κ3) is 6.99. The number of nitrogens with zero attached hydrogens (tertiary/aromatic N) is 2. The number of nitro groups is 2. The van der Waals surface area contributed by atoms with Crippen LogP contribution in [0.4, 0.5) is 16.2 Å². The summed E-state index contributed by atoms with van der Waals surface area (Å²) in [6, 6.07) is 16.6. The average molecular weight is 481 g/mol. The standard InChI is InChI=1S/C23H19N3O9/c27-22(28)19(24-23(29)34-14-16-4-2-1-3-5-16)12-15-6-9-18(10-7-15)35-21-11-8-17(25(30)31)13-20(21)26(32)33/h1-11,13,19H,12,14H2,(H,24,29)(H,27,28)/t19-/m0/s1. The quantitative estimate of drug-likeness (QED) is 0.318. The molecule has 1 amide bonds. The zero-order valence-corrected chi connectivity index (χ0v) is 18.0. The molecule has 12 nitrogen and oxygen atoms in total. The molecule has 180 valence electrons. The van der Waals surface area contributed by atoms with Crippen molar-refractivity contribution < 1.29 is 34.0 Å². The summed E-state index contributed by atoms with van der Waals surface area (Å²) in [5.41, 5.74) is 0.256. The maximum Gasteiger partial charge on any atom is 0.408 e. The van der Waals surface area contributed by atoms with Gasteiger partial charge in [0.25, 0.3) is 5.69 Å². The Balaban J connectivity index is 1.63. The lowest BCUT2D eigenvalue weighted by Crippen LogP contribution is -2.42. The van der Waals surface area contributed by atoms with Crippen molar-refractivity contribution in [2.75, 3.05) is 0 Å². The number of carbonyl (C=O) groups excluding carboxylic acids is 1. The Kier molecular flexibility index (Phi) is 7.90. The van der Waals surface area contributed by atoms with Gasteiger partial charge in [-0.05, 0) is 29.3 Å². The van der Waals surface area contributed by atoms with Gasteiger partial charge in [-0.15, -0.1) is 0 Å². The number of carboxylic acids is 1. The van der Waals surface area contributed by atoms with Gasteiger partial charge in [0.1, 0.15) is 18.4 Å². The predicted octanol–water partition coefficient (Wildman–Crippen LogP) is 4.22. The molecule has 0 aliphatic carbocycles. The lowest BCUT2D eigenvalue weighted by atomic mass is 10.1. The molecular formula is C23H19N3O9. The van der Waals surface area contributed by atoms with Gasteiger partial charge in [-0.25, -0.2) is 9.59 Å². The molecule has 0 heterocycles. The smallest absolute Gasteiger partial charge is 0.408 e. The predicted molar refractivity (Wildman–Crippen MR) is 121 cm³/mol. The monoisotopic (exact) mass is 481 g/mol. The van der Waals surface area contributed by atoms with Crippen LogP contribution in [0.3, 0.4) is 0 Å². The second-order valence-corrected chi connectivity index (χ2v) is 7.21. The summed E-state index contributed by atoms with van der Waals surface area (Å²) < 4.78 is 10.5. The van der Waals surface area contributed by atoms with E-state index in [1.165, 1.54) is 24.3 Å². The van der Waals surface area contributed by atoms with Crippen molar-refractivity contribution in [2.24, 2.45) is 0 Å². The number of amides is 1. The van der Waals surface area contributed by atoms with Crippen LogP contribution >= 0.6 is 0 Å². The lowest BCUT2D eigenvalue weighted by Gasteiger charge is -2.15. The summed E-state index contributed by atoms with van der Waals surface area (Å²) in [6.45, 7) is -0.0141. The van der Waals surface area contributed by atoms with Crippen LogP contribution in [0.5, 0.6) is 11.5 Å². The summed E-state index contributed by atoms with van der Waals surface area (Å²) in [5, 5.41) is 33.9. The number of hydrogen-bond donors (Lipinski definition) is 2. The van der Waals surface area contributed by atoms with Crippen LogP contribution in [0.2, 0.25) is 0 Å². The number of carboxylic acid groups (broad SMARTS) is 1.